The number of amides is 1. The van der Waals surface area contributed by atoms with Gasteiger partial charge in [0.2, 0.25) is 5.95 Å². The van der Waals surface area contributed by atoms with Crippen LogP contribution < -0.4 is 20.7 Å². The van der Waals surface area contributed by atoms with Crippen molar-refractivity contribution in [2.45, 2.75) is 12.3 Å². The van der Waals surface area contributed by atoms with Crippen LogP contribution in [0.4, 0.5) is 40.7 Å². The van der Waals surface area contributed by atoms with Gasteiger partial charge in [-0.2, -0.15) is 18.2 Å². The average molecular weight is 608 g/mol. The van der Waals surface area contributed by atoms with Crippen LogP contribution >= 0.6 is 23.5 Å². The number of halogens is 5. The van der Waals surface area contributed by atoms with Gasteiger partial charge in [0.05, 0.1) is 34.7 Å². The zero-order chi connectivity index (χ0) is 27.5. The number of rotatable bonds is 8. The van der Waals surface area contributed by atoms with E-state index >= 15 is 0 Å². The third kappa shape index (κ3) is 7.16. The van der Waals surface area contributed by atoms with Gasteiger partial charge in [0, 0.05) is 13.2 Å². The van der Waals surface area contributed by atoms with Crippen molar-refractivity contribution < 1.29 is 41.4 Å². The largest absolute Gasteiger partial charge is 0.495 e. The molecule has 198 valence electrons. The first-order valence-corrected chi connectivity index (χ1v) is 12.7. The van der Waals surface area contributed by atoms with Gasteiger partial charge in [-0.05, 0) is 45.8 Å². The molecule has 0 aliphatic heterocycles. The Hall–Kier alpha value is -3.26. The van der Waals surface area contributed by atoms with E-state index in [0.717, 1.165) is 12.1 Å². The van der Waals surface area contributed by atoms with E-state index in [1.165, 1.54) is 32.4 Å². The standard InChI is InChI=1S/C21H19BrF4N5O5P/c1-27-19(32)11-6-13(22)14(23)7-16(11)29-18-12(21(24,25)26)8-28-20(31-18)30-15-4-3-10(5-17(15)36-2)9-37(33,34)35/h3-8H,9H2,1-2H3,(H,27,32)(H2,33,34,35)(H2,28,29,30,31). The van der Waals surface area contributed by atoms with E-state index in [0.29, 0.717) is 6.20 Å². The van der Waals surface area contributed by atoms with Gasteiger partial charge < -0.3 is 30.5 Å². The highest BCUT2D eigenvalue weighted by molar-refractivity contribution is 9.10. The van der Waals surface area contributed by atoms with E-state index in [1.54, 1.807) is 0 Å². The average Bonchev–Trinajstić information content (AvgIpc) is 2.80. The summed E-state index contributed by atoms with van der Waals surface area (Å²) in [5, 5.41) is 7.37. The molecule has 3 aromatic rings. The highest BCUT2D eigenvalue weighted by atomic mass is 79.9. The number of ether oxygens (including phenoxy) is 1. The van der Waals surface area contributed by atoms with Gasteiger partial charge in [0.1, 0.15) is 22.9 Å². The summed E-state index contributed by atoms with van der Waals surface area (Å²) in [6, 6.07) is 6.05. The molecule has 37 heavy (non-hydrogen) atoms. The summed E-state index contributed by atoms with van der Waals surface area (Å²) in [6.45, 7) is 0. The number of nitrogens with zero attached hydrogens (tertiary/aromatic N) is 2. The summed E-state index contributed by atoms with van der Waals surface area (Å²) in [5.74, 6) is -2.51. The molecule has 0 spiro atoms. The molecule has 1 heterocycles. The molecule has 0 saturated carbocycles. The van der Waals surface area contributed by atoms with E-state index in [9.17, 15) is 26.9 Å². The van der Waals surface area contributed by atoms with Gasteiger partial charge in [0.25, 0.3) is 5.91 Å². The minimum Gasteiger partial charge on any atom is -0.495 e. The van der Waals surface area contributed by atoms with Crippen molar-refractivity contribution in [1.29, 1.82) is 0 Å². The monoisotopic (exact) mass is 607 g/mol. The lowest BCUT2D eigenvalue weighted by molar-refractivity contribution is -0.137. The smallest absolute Gasteiger partial charge is 0.421 e. The summed E-state index contributed by atoms with van der Waals surface area (Å²) in [5.41, 5.74) is -1.28. The molecule has 5 N–H and O–H groups in total. The lowest BCUT2D eigenvalue weighted by Gasteiger charge is -2.17. The fraction of sp³-hybridized carbons (Fsp3) is 0.190. The van der Waals surface area contributed by atoms with E-state index < -0.39 is 43.0 Å². The molecule has 0 fully saturated rings. The summed E-state index contributed by atoms with van der Waals surface area (Å²) >= 11 is 2.94. The van der Waals surface area contributed by atoms with Gasteiger partial charge in [-0.15, -0.1) is 0 Å². The first kappa shape index (κ1) is 28.3. The molecule has 10 nitrogen and oxygen atoms in total. The van der Waals surface area contributed by atoms with E-state index in [-0.39, 0.29) is 38.7 Å². The Morgan fingerprint density at radius 2 is 1.86 bits per heavy atom. The van der Waals surface area contributed by atoms with Crippen LogP contribution in [0.25, 0.3) is 0 Å². The van der Waals surface area contributed by atoms with Crippen molar-refractivity contribution in [1.82, 2.24) is 15.3 Å². The number of nitrogens with one attached hydrogen (secondary N) is 3. The number of hydrogen-bond donors (Lipinski definition) is 5. The quantitative estimate of drug-likeness (QED) is 0.178. The Labute approximate surface area is 215 Å². The van der Waals surface area contributed by atoms with E-state index in [1.807, 2.05) is 0 Å². The first-order chi connectivity index (χ1) is 17.2. The van der Waals surface area contributed by atoms with Gasteiger partial charge in [-0.25, -0.2) is 9.37 Å². The molecule has 1 aromatic heterocycles. The summed E-state index contributed by atoms with van der Waals surface area (Å²) in [7, 11) is -1.77. The van der Waals surface area contributed by atoms with Crippen molar-refractivity contribution in [2.75, 3.05) is 24.8 Å². The number of carbonyl (C=O) groups excluding carboxylic acids is 1. The molecule has 0 unspecified atom stereocenters. The van der Waals surface area contributed by atoms with Crippen LogP contribution in [-0.2, 0) is 16.9 Å². The maximum absolute atomic E-state index is 14.2. The van der Waals surface area contributed by atoms with E-state index in [2.05, 4.69) is 41.8 Å². The molecule has 0 radical (unpaired) electrons. The van der Waals surface area contributed by atoms with Crippen LogP contribution in [-0.4, -0.2) is 39.8 Å². The molecule has 3 rings (SSSR count). The second kappa shape index (κ2) is 11.0. The number of benzene rings is 2. The maximum atomic E-state index is 14.2. The van der Waals surface area contributed by atoms with Gasteiger partial charge in [-0.1, -0.05) is 6.07 Å². The van der Waals surface area contributed by atoms with E-state index in [4.69, 9.17) is 14.5 Å². The molecule has 2 aromatic carbocycles. The van der Waals surface area contributed by atoms with Gasteiger partial charge >= 0.3 is 13.8 Å². The van der Waals surface area contributed by atoms with Crippen molar-refractivity contribution in [2.24, 2.45) is 0 Å². The minimum absolute atomic E-state index is 0.0768. The van der Waals surface area contributed by atoms with Crippen molar-refractivity contribution >= 4 is 52.6 Å². The Balaban J connectivity index is 2.04. The van der Waals surface area contributed by atoms with Crippen LogP contribution in [0, 0.1) is 5.82 Å². The zero-order valence-corrected chi connectivity index (χ0v) is 21.5. The highest BCUT2D eigenvalue weighted by Crippen LogP contribution is 2.41. The minimum atomic E-state index is -4.90. The molecule has 0 atom stereocenters. The summed E-state index contributed by atoms with van der Waals surface area (Å²) in [6.07, 6.45) is -4.95. The highest BCUT2D eigenvalue weighted by Gasteiger charge is 2.36. The third-order valence-electron chi connectivity index (χ3n) is 4.78. The number of aromatic nitrogens is 2. The number of anilines is 4. The van der Waals surface area contributed by atoms with Crippen LogP contribution in [0.5, 0.6) is 5.75 Å². The molecular weight excluding hydrogens is 589 g/mol. The predicted octanol–water partition coefficient (Wildman–Crippen LogP) is 4.93. The first-order valence-electron chi connectivity index (χ1n) is 10.1. The Morgan fingerprint density at radius 1 is 1.16 bits per heavy atom. The summed E-state index contributed by atoms with van der Waals surface area (Å²) < 4.78 is 71.7. The lowest BCUT2D eigenvalue weighted by Crippen LogP contribution is -2.20. The molecule has 0 aliphatic rings. The number of carbonyl (C=O) groups is 1. The van der Waals surface area contributed by atoms with Crippen molar-refractivity contribution in [3.63, 3.8) is 0 Å². The predicted molar refractivity (Wildman–Crippen MR) is 130 cm³/mol. The lowest BCUT2D eigenvalue weighted by atomic mass is 10.1. The fourth-order valence-corrected chi connectivity index (χ4v) is 4.16. The van der Waals surface area contributed by atoms with Gasteiger partial charge in [0.15, 0.2) is 0 Å². The normalized spacial score (nSPS) is 11.7. The number of methoxy groups -OCH3 is 1. The van der Waals surface area contributed by atoms with Crippen LogP contribution in [0.3, 0.4) is 0 Å². The van der Waals surface area contributed by atoms with Crippen LogP contribution in [0.2, 0.25) is 0 Å². The molecule has 0 bridgehead atoms. The Morgan fingerprint density at radius 3 is 2.46 bits per heavy atom. The molecular formula is C21H19BrF4N5O5P. The third-order valence-corrected chi connectivity index (χ3v) is 6.17. The van der Waals surface area contributed by atoms with Gasteiger partial charge in [-0.3, -0.25) is 9.36 Å². The summed E-state index contributed by atoms with van der Waals surface area (Å²) in [4.78, 5) is 38.1. The SMILES string of the molecule is CNC(=O)c1cc(Br)c(F)cc1Nc1nc(Nc2ccc(CP(=O)(O)O)cc2OC)ncc1C(F)(F)F. The van der Waals surface area contributed by atoms with Crippen molar-refractivity contribution in [3.05, 3.63) is 63.5 Å². The number of alkyl halides is 3. The maximum Gasteiger partial charge on any atom is 0.421 e. The van der Waals surface area contributed by atoms with Crippen LogP contribution in [0.1, 0.15) is 21.5 Å². The molecule has 16 heteroatoms. The molecule has 0 aliphatic carbocycles. The Bertz CT molecular complexity index is 1390. The second-order valence-electron chi connectivity index (χ2n) is 7.45. The molecule has 0 saturated heterocycles. The van der Waals surface area contributed by atoms with Crippen molar-refractivity contribution in [3.8, 4) is 5.75 Å². The Kier molecular flexibility index (Phi) is 8.42. The van der Waals surface area contributed by atoms with Crippen LogP contribution in [0.15, 0.2) is 41.0 Å². The zero-order valence-electron chi connectivity index (χ0n) is 19.0. The second-order valence-corrected chi connectivity index (χ2v) is 9.95. The fourth-order valence-electron chi connectivity index (χ4n) is 3.14. The topological polar surface area (TPSA) is 146 Å². The molecule has 1 amide bonds. The number of hydrogen-bond acceptors (Lipinski definition) is 7.